The number of nitrogens with zero attached hydrogens (tertiary/aromatic N) is 1. The van der Waals surface area contributed by atoms with E-state index < -0.39 is 24.1 Å². The fraction of sp³-hybridized carbons (Fsp3) is 0.462. The van der Waals surface area contributed by atoms with Crippen molar-refractivity contribution in [3.05, 3.63) is 23.5 Å². The van der Waals surface area contributed by atoms with Gasteiger partial charge in [-0.05, 0) is 31.9 Å². The Morgan fingerprint density at radius 3 is 3.05 bits per heavy atom. The normalized spacial score (nSPS) is 19.4. The Balaban J connectivity index is 1.88. The third-order valence-electron chi connectivity index (χ3n) is 2.87. The molecular weight excluding hydrogens is 284 g/mol. The summed E-state index contributed by atoms with van der Waals surface area (Å²) in [6.07, 6.45) is 1.47. The Morgan fingerprint density at radius 2 is 2.40 bits per heavy atom. The monoisotopic (exact) mass is 298 g/mol. The fourth-order valence-electron chi connectivity index (χ4n) is 1.78. The maximum absolute atomic E-state index is 11.9. The second kappa shape index (κ2) is 6.67. The van der Waals surface area contributed by atoms with Crippen LogP contribution in [0.2, 0.25) is 5.15 Å². The van der Waals surface area contributed by atoms with Crippen molar-refractivity contribution in [2.24, 2.45) is 0 Å². The van der Waals surface area contributed by atoms with Gasteiger partial charge in [-0.15, -0.1) is 0 Å². The molecule has 1 aromatic rings. The lowest BCUT2D eigenvalue weighted by Crippen LogP contribution is -2.34. The minimum absolute atomic E-state index is 0.179. The van der Waals surface area contributed by atoms with E-state index >= 15 is 0 Å². The van der Waals surface area contributed by atoms with Gasteiger partial charge in [0, 0.05) is 12.8 Å². The summed E-state index contributed by atoms with van der Waals surface area (Å²) in [4.78, 5) is 27.5. The van der Waals surface area contributed by atoms with Gasteiger partial charge in [0.25, 0.3) is 5.91 Å². The van der Waals surface area contributed by atoms with Gasteiger partial charge in [-0.2, -0.15) is 0 Å². The van der Waals surface area contributed by atoms with Gasteiger partial charge in [-0.1, -0.05) is 11.6 Å². The SMILES string of the molecule is C[C@H](OC(=O)[C@@H]1CCCO1)C(=O)Nc1cccnc1Cl. The molecule has 0 aromatic carbocycles. The number of anilines is 1. The van der Waals surface area contributed by atoms with E-state index in [2.05, 4.69) is 10.3 Å². The molecule has 1 saturated heterocycles. The fourth-order valence-corrected chi connectivity index (χ4v) is 1.95. The molecule has 0 bridgehead atoms. The lowest BCUT2D eigenvalue weighted by molar-refractivity contribution is -0.162. The standard InChI is InChI=1S/C13H15ClN2O4/c1-8(20-13(18)10-5-3-7-19-10)12(17)16-9-4-2-6-15-11(9)14/h2,4,6,8,10H,3,5,7H2,1H3,(H,16,17)/t8-,10-/m0/s1. The van der Waals surface area contributed by atoms with Crippen molar-refractivity contribution in [1.82, 2.24) is 4.98 Å². The van der Waals surface area contributed by atoms with Crippen LogP contribution in [0.4, 0.5) is 5.69 Å². The average molecular weight is 299 g/mol. The van der Waals surface area contributed by atoms with Gasteiger partial charge in [-0.3, -0.25) is 4.79 Å². The van der Waals surface area contributed by atoms with Crippen LogP contribution in [-0.2, 0) is 19.1 Å². The Morgan fingerprint density at radius 1 is 1.60 bits per heavy atom. The van der Waals surface area contributed by atoms with Gasteiger partial charge in [0.1, 0.15) is 0 Å². The summed E-state index contributed by atoms with van der Waals surface area (Å²) >= 11 is 5.83. The lowest BCUT2D eigenvalue weighted by atomic mass is 10.2. The van der Waals surface area contributed by atoms with Gasteiger partial charge < -0.3 is 14.8 Å². The maximum Gasteiger partial charge on any atom is 0.336 e. The zero-order valence-electron chi connectivity index (χ0n) is 11.0. The Labute approximate surface area is 121 Å². The third-order valence-corrected chi connectivity index (χ3v) is 3.17. The van der Waals surface area contributed by atoms with E-state index in [-0.39, 0.29) is 5.15 Å². The number of carbonyl (C=O) groups is 2. The summed E-state index contributed by atoms with van der Waals surface area (Å²) in [7, 11) is 0. The van der Waals surface area contributed by atoms with Crippen molar-refractivity contribution in [3.63, 3.8) is 0 Å². The molecule has 6 nitrogen and oxygen atoms in total. The number of pyridine rings is 1. The first-order chi connectivity index (χ1) is 9.58. The van der Waals surface area contributed by atoms with E-state index in [1.807, 2.05) is 0 Å². The summed E-state index contributed by atoms with van der Waals surface area (Å²) in [6, 6.07) is 3.26. The first-order valence-electron chi connectivity index (χ1n) is 6.31. The second-order valence-corrected chi connectivity index (χ2v) is 4.77. The Kier molecular flexibility index (Phi) is 4.92. The summed E-state index contributed by atoms with van der Waals surface area (Å²) in [5, 5.41) is 2.73. The van der Waals surface area contributed by atoms with Gasteiger partial charge in [-0.25, -0.2) is 9.78 Å². The number of ether oxygens (including phenoxy) is 2. The molecule has 2 atom stereocenters. The van der Waals surface area contributed by atoms with E-state index in [0.717, 1.165) is 6.42 Å². The number of amides is 1. The highest BCUT2D eigenvalue weighted by Gasteiger charge is 2.28. The maximum atomic E-state index is 11.9. The number of rotatable bonds is 4. The summed E-state index contributed by atoms with van der Waals surface area (Å²) in [5.41, 5.74) is 0.374. The predicted octanol–water partition coefficient (Wildman–Crippen LogP) is 1.78. The summed E-state index contributed by atoms with van der Waals surface area (Å²) in [5.74, 6) is -0.978. The van der Waals surface area contributed by atoms with E-state index in [0.29, 0.717) is 18.7 Å². The van der Waals surface area contributed by atoms with Crippen LogP contribution >= 0.6 is 11.6 Å². The minimum atomic E-state index is -0.928. The van der Waals surface area contributed by atoms with Gasteiger partial charge in [0.2, 0.25) is 0 Å². The van der Waals surface area contributed by atoms with Crippen LogP contribution in [-0.4, -0.2) is 35.7 Å². The van der Waals surface area contributed by atoms with Crippen LogP contribution in [0.1, 0.15) is 19.8 Å². The highest BCUT2D eigenvalue weighted by Crippen LogP contribution is 2.18. The van der Waals surface area contributed by atoms with Crippen molar-refractivity contribution < 1.29 is 19.1 Å². The first-order valence-corrected chi connectivity index (χ1v) is 6.69. The van der Waals surface area contributed by atoms with Crippen LogP contribution in [0.3, 0.4) is 0 Å². The molecule has 7 heteroatoms. The molecule has 2 heterocycles. The molecule has 108 valence electrons. The Hall–Kier alpha value is -1.66. The van der Waals surface area contributed by atoms with Gasteiger partial charge in [0.05, 0.1) is 5.69 Å². The van der Waals surface area contributed by atoms with Crippen LogP contribution in [0, 0.1) is 0 Å². The first kappa shape index (κ1) is 14.7. The van der Waals surface area contributed by atoms with Crippen molar-refractivity contribution in [3.8, 4) is 0 Å². The van der Waals surface area contributed by atoms with Gasteiger partial charge >= 0.3 is 5.97 Å². The molecule has 0 radical (unpaired) electrons. The largest absolute Gasteiger partial charge is 0.451 e. The molecule has 1 aromatic heterocycles. The minimum Gasteiger partial charge on any atom is -0.451 e. The molecular formula is C13H15ClN2O4. The van der Waals surface area contributed by atoms with Crippen LogP contribution in [0.5, 0.6) is 0 Å². The number of hydrogen-bond donors (Lipinski definition) is 1. The van der Waals surface area contributed by atoms with Crippen LogP contribution in [0.15, 0.2) is 18.3 Å². The van der Waals surface area contributed by atoms with E-state index in [1.165, 1.54) is 13.1 Å². The number of esters is 1. The number of aromatic nitrogens is 1. The molecule has 0 spiro atoms. The highest BCUT2D eigenvalue weighted by molar-refractivity contribution is 6.32. The molecule has 2 rings (SSSR count). The van der Waals surface area contributed by atoms with Crippen molar-refractivity contribution in [2.45, 2.75) is 32.0 Å². The second-order valence-electron chi connectivity index (χ2n) is 4.41. The summed E-state index contributed by atoms with van der Waals surface area (Å²) in [6.45, 7) is 2.04. The molecule has 0 unspecified atom stereocenters. The zero-order chi connectivity index (χ0) is 14.5. The number of hydrogen-bond acceptors (Lipinski definition) is 5. The molecule has 0 aliphatic carbocycles. The van der Waals surface area contributed by atoms with Crippen molar-refractivity contribution in [1.29, 1.82) is 0 Å². The lowest BCUT2D eigenvalue weighted by Gasteiger charge is -2.16. The molecule has 0 saturated carbocycles. The topological polar surface area (TPSA) is 77.5 Å². The quantitative estimate of drug-likeness (QED) is 0.677. The van der Waals surface area contributed by atoms with E-state index in [9.17, 15) is 9.59 Å². The number of nitrogens with one attached hydrogen (secondary N) is 1. The highest BCUT2D eigenvalue weighted by atomic mass is 35.5. The predicted molar refractivity (Wildman–Crippen MR) is 72.4 cm³/mol. The molecule has 20 heavy (non-hydrogen) atoms. The van der Waals surface area contributed by atoms with Crippen LogP contribution in [0.25, 0.3) is 0 Å². The van der Waals surface area contributed by atoms with E-state index in [1.54, 1.807) is 12.1 Å². The van der Waals surface area contributed by atoms with Crippen molar-refractivity contribution >= 4 is 29.2 Å². The summed E-state index contributed by atoms with van der Waals surface area (Å²) < 4.78 is 10.3. The third kappa shape index (κ3) is 3.68. The molecule has 1 N–H and O–H groups in total. The average Bonchev–Trinajstić information content (AvgIpc) is 2.95. The van der Waals surface area contributed by atoms with Gasteiger partial charge in [0.15, 0.2) is 17.4 Å². The van der Waals surface area contributed by atoms with E-state index in [4.69, 9.17) is 21.1 Å². The van der Waals surface area contributed by atoms with Crippen molar-refractivity contribution in [2.75, 3.05) is 11.9 Å². The zero-order valence-corrected chi connectivity index (χ0v) is 11.7. The molecule has 1 aliphatic rings. The molecule has 1 amide bonds. The van der Waals surface area contributed by atoms with Crippen LogP contribution < -0.4 is 5.32 Å². The molecule has 1 fully saturated rings. The number of carbonyl (C=O) groups excluding carboxylic acids is 2. The molecule has 1 aliphatic heterocycles. The number of halogens is 1. The Bertz CT molecular complexity index is 503. The smallest absolute Gasteiger partial charge is 0.336 e.